The van der Waals surface area contributed by atoms with Gasteiger partial charge in [0.05, 0.1) is 17.7 Å². The maximum absolute atomic E-state index is 12.6. The van der Waals surface area contributed by atoms with Crippen molar-refractivity contribution in [2.75, 3.05) is 10.6 Å². The Kier molecular flexibility index (Phi) is 4.04. The molecule has 2 atom stereocenters. The molecule has 1 saturated carbocycles. The van der Waals surface area contributed by atoms with Gasteiger partial charge in [0.1, 0.15) is 11.4 Å². The molecule has 114 valence electrons. The second kappa shape index (κ2) is 5.96. The van der Waals surface area contributed by atoms with Gasteiger partial charge in [-0.3, -0.25) is 4.79 Å². The zero-order valence-corrected chi connectivity index (χ0v) is 12.8. The Morgan fingerprint density at radius 2 is 2.00 bits per heavy atom. The normalized spacial score (nSPS) is 25.0. The molecule has 0 spiro atoms. The van der Waals surface area contributed by atoms with Gasteiger partial charge in [-0.05, 0) is 38.8 Å². The van der Waals surface area contributed by atoms with Gasteiger partial charge in [0, 0.05) is 6.04 Å². The average Bonchev–Trinajstić information content (AvgIpc) is 2.72. The molecule has 0 saturated heterocycles. The van der Waals surface area contributed by atoms with Crippen molar-refractivity contribution in [3.63, 3.8) is 0 Å². The highest BCUT2D eigenvalue weighted by atomic mass is 16.5. The lowest BCUT2D eigenvalue weighted by atomic mass is 9.94. The molecule has 4 nitrogen and oxygen atoms in total. The molecule has 21 heavy (non-hydrogen) atoms. The molecule has 1 fully saturated rings. The number of hydrogen-bond donors (Lipinski definition) is 2. The molecule has 2 unspecified atom stereocenters. The van der Waals surface area contributed by atoms with E-state index in [1.54, 1.807) is 0 Å². The summed E-state index contributed by atoms with van der Waals surface area (Å²) in [4.78, 5) is 12.6. The lowest BCUT2D eigenvalue weighted by Crippen LogP contribution is -2.34. The first-order valence-corrected chi connectivity index (χ1v) is 8.02. The summed E-state index contributed by atoms with van der Waals surface area (Å²) >= 11 is 0. The van der Waals surface area contributed by atoms with E-state index >= 15 is 0 Å². The number of carbonyl (C=O) groups excluding carboxylic acids is 1. The molecular weight excluding hydrogens is 264 g/mol. The quantitative estimate of drug-likeness (QED) is 0.870. The Balaban J connectivity index is 1.94. The van der Waals surface area contributed by atoms with Crippen LogP contribution in [0.5, 0.6) is 5.75 Å². The van der Waals surface area contributed by atoms with Crippen LogP contribution in [-0.4, -0.2) is 18.1 Å². The van der Waals surface area contributed by atoms with E-state index in [0.717, 1.165) is 36.4 Å². The van der Waals surface area contributed by atoms with E-state index in [4.69, 9.17) is 4.74 Å². The highest BCUT2D eigenvalue weighted by molar-refractivity contribution is 5.99. The standard InChI is InChI=1S/C17H24N2O2/c1-11(2)21-15-10-6-9-14-16(15)19-17(20)12-7-4-3-5-8-13(12)18-14/h6,9-13,18H,3-5,7-8H2,1-2H3,(H,19,20). The summed E-state index contributed by atoms with van der Waals surface area (Å²) in [5.41, 5.74) is 1.78. The van der Waals surface area contributed by atoms with Gasteiger partial charge in [-0.2, -0.15) is 0 Å². The van der Waals surface area contributed by atoms with Gasteiger partial charge >= 0.3 is 0 Å². The Bertz CT molecular complexity index is 528. The zero-order chi connectivity index (χ0) is 14.8. The molecule has 2 N–H and O–H groups in total. The van der Waals surface area contributed by atoms with E-state index in [9.17, 15) is 4.79 Å². The number of hydrogen-bond acceptors (Lipinski definition) is 3. The lowest BCUT2D eigenvalue weighted by Gasteiger charge is -2.22. The van der Waals surface area contributed by atoms with Crippen LogP contribution in [0.4, 0.5) is 11.4 Å². The second-order valence-electron chi connectivity index (χ2n) is 6.33. The number of benzene rings is 1. The van der Waals surface area contributed by atoms with E-state index < -0.39 is 0 Å². The van der Waals surface area contributed by atoms with Crippen LogP contribution >= 0.6 is 0 Å². The molecule has 0 bridgehead atoms. The van der Waals surface area contributed by atoms with Crippen LogP contribution in [-0.2, 0) is 4.79 Å². The molecule has 1 amide bonds. The molecule has 1 heterocycles. The Labute approximate surface area is 126 Å². The largest absolute Gasteiger partial charge is 0.489 e. The van der Waals surface area contributed by atoms with Gasteiger partial charge in [0.15, 0.2) is 0 Å². The molecule has 2 aliphatic rings. The lowest BCUT2D eigenvalue weighted by molar-refractivity contribution is -0.120. The molecule has 0 radical (unpaired) electrons. The van der Waals surface area contributed by atoms with Crippen LogP contribution < -0.4 is 15.4 Å². The van der Waals surface area contributed by atoms with Crippen molar-refractivity contribution in [2.45, 2.75) is 58.1 Å². The van der Waals surface area contributed by atoms with E-state index in [0.29, 0.717) is 0 Å². The summed E-state index contributed by atoms with van der Waals surface area (Å²) in [5.74, 6) is 0.944. The number of ether oxygens (including phenoxy) is 1. The van der Waals surface area contributed by atoms with Crippen molar-refractivity contribution in [3.05, 3.63) is 18.2 Å². The van der Waals surface area contributed by atoms with E-state index in [1.165, 1.54) is 12.8 Å². The Morgan fingerprint density at radius 1 is 1.19 bits per heavy atom. The SMILES string of the molecule is CC(C)Oc1cccc2c1NC(=O)C1CCCCCC1N2. The van der Waals surface area contributed by atoms with Gasteiger partial charge < -0.3 is 15.4 Å². The number of nitrogens with one attached hydrogen (secondary N) is 2. The van der Waals surface area contributed by atoms with E-state index in [1.807, 2.05) is 32.0 Å². The number of rotatable bonds is 2. The minimum absolute atomic E-state index is 0.0619. The fourth-order valence-electron chi connectivity index (χ4n) is 3.34. The van der Waals surface area contributed by atoms with Gasteiger partial charge in [0.2, 0.25) is 5.91 Å². The first-order chi connectivity index (χ1) is 10.1. The summed E-state index contributed by atoms with van der Waals surface area (Å²) in [5, 5.41) is 6.68. The molecule has 1 aliphatic carbocycles. The predicted octanol–water partition coefficient (Wildman–Crippen LogP) is 3.79. The summed E-state index contributed by atoms with van der Waals surface area (Å²) in [6.07, 6.45) is 5.68. The minimum atomic E-state index is 0.0619. The minimum Gasteiger partial charge on any atom is -0.489 e. The Hall–Kier alpha value is -1.71. The van der Waals surface area contributed by atoms with Crippen molar-refractivity contribution in [1.82, 2.24) is 0 Å². The van der Waals surface area contributed by atoms with Gasteiger partial charge in [0.25, 0.3) is 0 Å². The molecule has 4 heteroatoms. The summed E-state index contributed by atoms with van der Waals surface area (Å²) in [6.45, 7) is 3.99. The summed E-state index contributed by atoms with van der Waals surface area (Å²) < 4.78 is 5.84. The number of anilines is 2. The van der Waals surface area contributed by atoms with Crippen molar-refractivity contribution < 1.29 is 9.53 Å². The van der Waals surface area contributed by atoms with Crippen LogP contribution in [0.1, 0.15) is 46.0 Å². The van der Waals surface area contributed by atoms with Crippen LogP contribution in [0.3, 0.4) is 0 Å². The number of fused-ring (bicyclic) bond motifs is 2. The maximum atomic E-state index is 12.6. The molecule has 3 rings (SSSR count). The zero-order valence-electron chi connectivity index (χ0n) is 12.8. The fraction of sp³-hybridized carbons (Fsp3) is 0.588. The molecule has 1 aromatic carbocycles. The van der Waals surface area contributed by atoms with Crippen molar-refractivity contribution >= 4 is 17.3 Å². The molecule has 1 aliphatic heterocycles. The number of para-hydroxylation sites is 1. The van der Waals surface area contributed by atoms with E-state index in [2.05, 4.69) is 10.6 Å². The predicted molar refractivity (Wildman–Crippen MR) is 84.8 cm³/mol. The van der Waals surface area contributed by atoms with Crippen LogP contribution in [0, 0.1) is 5.92 Å². The first kappa shape index (κ1) is 14.2. The summed E-state index contributed by atoms with van der Waals surface area (Å²) in [6, 6.07) is 6.16. The van der Waals surface area contributed by atoms with Crippen LogP contribution in [0.15, 0.2) is 18.2 Å². The highest BCUT2D eigenvalue weighted by Gasteiger charge is 2.33. The third-order valence-electron chi connectivity index (χ3n) is 4.33. The molecule has 0 aromatic heterocycles. The van der Waals surface area contributed by atoms with Crippen LogP contribution in [0.25, 0.3) is 0 Å². The monoisotopic (exact) mass is 288 g/mol. The van der Waals surface area contributed by atoms with Crippen molar-refractivity contribution in [2.24, 2.45) is 5.92 Å². The molecular formula is C17H24N2O2. The summed E-state index contributed by atoms with van der Waals surface area (Å²) in [7, 11) is 0. The average molecular weight is 288 g/mol. The van der Waals surface area contributed by atoms with Crippen molar-refractivity contribution in [1.29, 1.82) is 0 Å². The number of amides is 1. The highest BCUT2D eigenvalue weighted by Crippen LogP contribution is 2.39. The smallest absolute Gasteiger partial charge is 0.229 e. The maximum Gasteiger partial charge on any atom is 0.229 e. The topological polar surface area (TPSA) is 50.4 Å². The van der Waals surface area contributed by atoms with E-state index in [-0.39, 0.29) is 24.0 Å². The third kappa shape index (κ3) is 2.99. The first-order valence-electron chi connectivity index (χ1n) is 8.02. The Morgan fingerprint density at radius 3 is 2.81 bits per heavy atom. The number of carbonyl (C=O) groups is 1. The molecule has 1 aromatic rings. The fourth-order valence-corrected chi connectivity index (χ4v) is 3.34. The van der Waals surface area contributed by atoms with Crippen LogP contribution in [0.2, 0.25) is 0 Å². The van der Waals surface area contributed by atoms with Gasteiger partial charge in [-0.15, -0.1) is 0 Å². The third-order valence-corrected chi connectivity index (χ3v) is 4.33. The second-order valence-corrected chi connectivity index (χ2v) is 6.33. The van der Waals surface area contributed by atoms with Crippen molar-refractivity contribution in [3.8, 4) is 5.75 Å². The van der Waals surface area contributed by atoms with Gasteiger partial charge in [-0.25, -0.2) is 0 Å². The van der Waals surface area contributed by atoms with Gasteiger partial charge in [-0.1, -0.05) is 25.3 Å².